The van der Waals surface area contributed by atoms with Crippen LogP contribution in [-0.2, 0) is 16.0 Å². The molecule has 4 nitrogen and oxygen atoms in total. The normalized spacial score (nSPS) is 10.2. The van der Waals surface area contributed by atoms with E-state index in [4.69, 9.17) is 14.8 Å². The number of rotatable bonds is 7. The molecular formula is C13H19BO4. The molecule has 0 radical (unpaired) electrons. The van der Waals surface area contributed by atoms with Gasteiger partial charge >= 0.3 is 13.1 Å². The van der Waals surface area contributed by atoms with Gasteiger partial charge in [0.1, 0.15) is 0 Å². The molecule has 18 heavy (non-hydrogen) atoms. The summed E-state index contributed by atoms with van der Waals surface area (Å²) in [5.74, 6) is -0.185. The molecule has 1 rings (SSSR count). The van der Waals surface area contributed by atoms with E-state index in [0.29, 0.717) is 24.9 Å². The summed E-state index contributed by atoms with van der Waals surface area (Å²) in [6, 6.07) is 6.85. The van der Waals surface area contributed by atoms with E-state index < -0.39 is 7.12 Å². The van der Waals surface area contributed by atoms with Crippen LogP contribution in [0.5, 0.6) is 0 Å². The number of carbonyl (C=O) groups excluding carboxylic acids is 1. The predicted octanol–water partition coefficient (Wildman–Crippen LogP) is 0.642. The quantitative estimate of drug-likeness (QED) is 0.423. The van der Waals surface area contributed by atoms with Crippen LogP contribution in [0.2, 0.25) is 0 Å². The molecule has 0 heterocycles. The van der Waals surface area contributed by atoms with Crippen LogP contribution in [0.1, 0.15) is 31.7 Å². The molecule has 0 aromatic heterocycles. The Morgan fingerprint density at radius 1 is 1.28 bits per heavy atom. The Kier molecular flexibility index (Phi) is 6.46. The summed E-state index contributed by atoms with van der Waals surface area (Å²) in [4.78, 5) is 11.4. The highest BCUT2D eigenvalue weighted by Crippen LogP contribution is 2.03. The molecule has 0 spiro atoms. The fourth-order valence-electron chi connectivity index (χ4n) is 1.51. The van der Waals surface area contributed by atoms with Crippen LogP contribution in [0.3, 0.4) is 0 Å². The second-order valence-corrected chi connectivity index (χ2v) is 4.19. The van der Waals surface area contributed by atoms with Gasteiger partial charge in [-0.05, 0) is 23.9 Å². The number of hydrogen-bond donors (Lipinski definition) is 2. The molecule has 0 aliphatic carbocycles. The van der Waals surface area contributed by atoms with Crippen molar-refractivity contribution in [2.24, 2.45) is 0 Å². The van der Waals surface area contributed by atoms with Crippen LogP contribution >= 0.6 is 0 Å². The first kappa shape index (κ1) is 14.7. The van der Waals surface area contributed by atoms with Gasteiger partial charge in [0.05, 0.1) is 6.61 Å². The van der Waals surface area contributed by atoms with Gasteiger partial charge in [-0.1, -0.05) is 37.6 Å². The standard InChI is InChI=1S/C13H19BO4/c1-2-3-10-18-13(15)9-6-11-4-7-12(8-5-11)14(16)17/h4-5,7-8,16-17H,2-3,6,9-10H2,1H3. The average Bonchev–Trinajstić information content (AvgIpc) is 2.37. The zero-order valence-corrected chi connectivity index (χ0v) is 10.6. The van der Waals surface area contributed by atoms with Crippen LogP contribution in [0.4, 0.5) is 0 Å². The van der Waals surface area contributed by atoms with Crippen LogP contribution in [0, 0.1) is 0 Å². The van der Waals surface area contributed by atoms with Crippen LogP contribution in [0.25, 0.3) is 0 Å². The Morgan fingerprint density at radius 3 is 2.50 bits per heavy atom. The zero-order chi connectivity index (χ0) is 13.4. The highest BCUT2D eigenvalue weighted by molar-refractivity contribution is 6.58. The van der Waals surface area contributed by atoms with Gasteiger partial charge in [0.25, 0.3) is 0 Å². The summed E-state index contributed by atoms with van der Waals surface area (Å²) >= 11 is 0. The Labute approximate surface area is 108 Å². The van der Waals surface area contributed by atoms with Crippen molar-refractivity contribution in [3.63, 3.8) is 0 Å². The molecule has 0 unspecified atom stereocenters. The third-order valence-corrected chi connectivity index (χ3v) is 2.66. The monoisotopic (exact) mass is 250 g/mol. The SMILES string of the molecule is CCCCOC(=O)CCc1ccc(B(O)O)cc1. The van der Waals surface area contributed by atoms with E-state index in [2.05, 4.69) is 0 Å². The van der Waals surface area contributed by atoms with Gasteiger partial charge < -0.3 is 14.8 Å². The fourth-order valence-corrected chi connectivity index (χ4v) is 1.51. The van der Waals surface area contributed by atoms with Crippen molar-refractivity contribution in [2.75, 3.05) is 6.61 Å². The van der Waals surface area contributed by atoms with E-state index in [1.54, 1.807) is 24.3 Å². The molecule has 0 fully saturated rings. The lowest BCUT2D eigenvalue weighted by Crippen LogP contribution is -2.29. The molecule has 0 atom stereocenters. The second-order valence-electron chi connectivity index (χ2n) is 4.19. The first-order chi connectivity index (χ1) is 8.63. The maximum atomic E-state index is 11.4. The maximum Gasteiger partial charge on any atom is 0.488 e. The Hall–Kier alpha value is -1.33. The van der Waals surface area contributed by atoms with E-state index in [-0.39, 0.29) is 5.97 Å². The smallest absolute Gasteiger partial charge is 0.466 e. The summed E-state index contributed by atoms with van der Waals surface area (Å²) in [6.45, 7) is 2.54. The van der Waals surface area contributed by atoms with E-state index >= 15 is 0 Å². The van der Waals surface area contributed by atoms with Crippen LogP contribution in [0.15, 0.2) is 24.3 Å². The summed E-state index contributed by atoms with van der Waals surface area (Å²) in [5, 5.41) is 17.9. The maximum absolute atomic E-state index is 11.4. The molecule has 0 aliphatic heterocycles. The third kappa shape index (κ3) is 5.34. The number of ether oxygens (including phenoxy) is 1. The zero-order valence-electron chi connectivity index (χ0n) is 10.6. The van der Waals surface area contributed by atoms with E-state index in [0.717, 1.165) is 18.4 Å². The largest absolute Gasteiger partial charge is 0.488 e. The highest BCUT2D eigenvalue weighted by atomic mass is 16.5. The van der Waals surface area contributed by atoms with Crippen LogP contribution in [-0.4, -0.2) is 29.7 Å². The minimum Gasteiger partial charge on any atom is -0.466 e. The summed E-state index contributed by atoms with van der Waals surface area (Å²) in [6.07, 6.45) is 2.87. The summed E-state index contributed by atoms with van der Waals surface area (Å²) in [5.41, 5.74) is 1.43. The van der Waals surface area contributed by atoms with Gasteiger partial charge in [0.15, 0.2) is 0 Å². The van der Waals surface area contributed by atoms with Gasteiger partial charge in [0.2, 0.25) is 0 Å². The fraction of sp³-hybridized carbons (Fsp3) is 0.462. The lowest BCUT2D eigenvalue weighted by molar-refractivity contribution is -0.143. The van der Waals surface area contributed by atoms with Gasteiger partial charge in [-0.2, -0.15) is 0 Å². The second kappa shape index (κ2) is 7.90. The van der Waals surface area contributed by atoms with Crippen molar-refractivity contribution in [3.8, 4) is 0 Å². The van der Waals surface area contributed by atoms with Crippen molar-refractivity contribution < 1.29 is 19.6 Å². The van der Waals surface area contributed by atoms with E-state index in [1.807, 2.05) is 6.92 Å². The Bertz CT molecular complexity index is 362. The topological polar surface area (TPSA) is 66.8 Å². The van der Waals surface area contributed by atoms with Crippen molar-refractivity contribution in [2.45, 2.75) is 32.6 Å². The molecule has 1 aromatic carbocycles. The number of esters is 1. The van der Waals surface area contributed by atoms with Crippen LogP contribution < -0.4 is 5.46 Å². The summed E-state index contributed by atoms with van der Waals surface area (Å²) < 4.78 is 5.05. The molecule has 0 saturated heterocycles. The van der Waals surface area contributed by atoms with Gasteiger partial charge in [-0.25, -0.2) is 0 Å². The van der Waals surface area contributed by atoms with E-state index in [1.165, 1.54) is 0 Å². The van der Waals surface area contributed by atoms with E-state index in [9.17, 15) is 4.79 Å². The third-order valence-electron chi connectivity index (χ3n) is 2.66. The first-order valence-electron chi connectivity index (χ1n) is 6.24. The lowest BCUT2D eigenvalue weighted by atomic mass is 9.80. The molecular weight excluding hydrogens is 231 g/mol. The molecule has 5 heteroatoms. The average molecular weight is 250 g/mol. The van der Waals surface area contributed by atoms with Crippen molar-refractivity contribution >= 4 is 18.6 Å². The molecule has 0 amide bonds. The van der Waals surface area contributed by atoms with Gasteiger partial charge in [-0.15, -0.1) is 0 Å². The van der Waals surface area contributed by atoms with Crippen molar-refractivity contribution in [1.82, 2.24) is 0 Å². The minimum atomic E-state index is -1.45. The van der Waals surface area contributed by atoms with Crippen molar-refractivity contribution in [3.05, 3.63) is 29.8 Å². The molecule has 0 bridgehead atoms. The Morgan fingerprint density at radius 2 is 1.94 bits per heavy atom. The number of benzene rings is 1. The molecule has 1 aromatic rings. The lowest BCUT2D eigenvalue weighted by Gasteiger charge is -2.05. The Balaban J connectivity index is 2.32. The number of hydrogen-bond acceptors (Lipinski definition) is 4. The summed E-state index contributed by atoms with van der Waals surface area (Å²) in [7, 11) is -1.45. The van der Waals surface area contributed by atoms with Gasteiger partial charge in [-0.3, -0.25) is 4.79 Å². The van der Waals surface area contributed by atoms with Crippen molar-refractivity contribution in [1.29, 1.82) is 0 Å². The first-order valence-corrected chi connectivity index (χ1v) is 6.24. The number of aryl methyl sites for hydroxylation is 1. The van der Waals surface area contributed by atoms with Gasteiger partial charge in [0, 0.05) is 6.42 Å². The molecule has 2 N–H and O–H groups in total. The molecule has 0 aliphatic rings. The number of carbonyl (C=O) groups is 1. The number of unbranched alkanes of at least 4 members (excludes halogenated alkanes) is 1. The highest BCUT2D eigenvalue weighted by Gasteiger charge is 2.10. The minimum absolute atomic E-state index is 0.185. The molecule has 98 valence electrons. The molecule has 0 saturated carbocycles. The predicted molar refractivity (Wildman–Crippen MR) is 70.5 cm³/mol.